The van der Waals surface area contributed by atoms with Gasteiger partial charge in [-0.3, -0.25) is 10.1 Å². The number of benzene rings is 1. The summed E-state index contributed by atoms with van der Waals surface area (Å²) in [7, 11) is 0. The molecule has 0 unspecified atom stereocenters. The summed E-state index contributed by atoms with van der Waals surface area (Å²) in [5.74, 6) is 1.83. The molecule has 0 radical (unpaired) electrons. The average Bonchev–Trinajstić information content (AvgIpc) is 2.40. The van der Waals surface area contributed by atoms with Crippen LogP contribution in [0.4, 0.5) is 5.69 Å². The fourth-order valence-electron chi connectivity index (χ4n) is 1.73. The van der Waals surface area contributed by atoms with Gasteiger partial charge in [-0.25, -0.2) is 0 Å². The van der Waals surface area contributed by atoms with E-state index in [2.05, 4.69) is 34.7 Å². The Morgan fingerprint density at radius 2 is 2.05 bits per heavy atom. The molecule has 0 aromatic heterocycles. The third kappa shape index (κ3) is 5.12. The molecule has 0 amide bonds. The number of nitro benzene ring substituents is 1. The van der Waals surface area contributed by atoms with Gasteiger partial charge in [-0.05, 0) is 34.6 Å². The molecule has 1 aromatic rings. The molecule has 0 fully saturated rings. The van der Waals surface area contributed by atoms with Crippen molar-refractivity contribution in [2.45, 2.75) is 19.6 Å². The van der Waals surface area contributed by atoms with Gasteiger partial charge in [0.15, 0.2) is 0 Å². The van der Waals surface area contributed by atoms with E-state index in [9.17, 15) is 10.1 Å². The zero-order valence-electron chi connectivity index (χ0n) is 11.3. The molecule has 106 valence electrons. The van der Waals surface area contributed by atoms with Crippen molar-refractivity contribution in [1.29, 1.82) is 0 Å². The lowest BCUT2D eigenvalue weighted by Gasteiger charge is -2.17. The molecule has 0 bridgehead atoms. The maximum Gasteiger partial charge on any atom is 0.283 e. The average molecular weight is 347 g/mol. The van der Waals surface area contributed by atoms with Crippen molar-refractivity contribution < 1.29 is 4.92 Å². The molecule has 0 saturated carbocycles. The Hall–Kier alpha value is -0.590. The molecule has 0 heterocycles. The second-order valence-corrected chi connectivity index (χ2v) is 5.98. The summed E-state index contributed by atoms with van der Waals surface area (Å²) in [6.07, 6.45) is 0. The van der Waals surface area contributed by atoms with E-state index in [0.29, 0.717) is 4.47 Å². The molecule has 0 spiro atoms. The van der Waals surface area contributed by atoms with Gasteiger partial charge in [-0.2, -0.15) is 11.8 Å². The normalized spacial score (nSPS) is 10.9. The summed E-state index contributed by atoms with van der Waals surface area (Å²) in [5.41, 5.74) is 1.13. The van der Waals surface area contributed by atoms with Gasteiger partial charge in [0.25, 0.3) is 5.69 Å². The van der Waals surface area contributed by atoms with Gasteiger partial charge in [0.05, 0.1) is 9.40 Å². The maximum atomic E-state index is 10.8. The SMILES string of the molecule is CCN(CC)CCSCc1cccc([N+](=O)[O-])c1Br. The van der Waals surface area contributed by atoms with Crippen LogP contribution in [0.1, 0.15) is 19.4 Å². The Balaban J connectivity index is 2.50. The summed E-state index contributed by atoms with van der Waals surface area (Å²) >= 11 is 5.13. The summed E-state index contributed by atoms with van der Waals surface area (Å²) in [6, 6.07) is 5.19. The van der Waals surface area contributed by atoms with Crippen molar-refractivity contribution in [1.82, 2.24) is 4.90 Å². The lowest BCUT2D eigenvalue weighted by Crippen LogP contribution is -2.25. The van der Waals surface area contributed by atoms with E-state index in [1.54, 1.807) is 17.8 Å². The van der Waals surface area contributed by atoms with E-state index in [4.69, 9.17) is 0 Å². The Morgan fingerprint density at radius 1 is 1.37 bits per heavy atom. The predicted octanol–water partition coefficient (Wildman–Crippen LogP) is 3.93. The monoisotopic (exact) mass is 346 g/mol. The molecule has 19 heavy (non-hydrogen) atoms. The van der Waals surface area contributed by atoms with Crippen LogP contribution < -0.4 is 0 Å². The number of nitro groups is 1. The zero-order valence-corrected chi connectivity index (χ0v) is 13.7. The summed E-state index contributed by atoms with van der Waals surface area (Å²) < 4.78 is 0.607. The molecule has 1 aromatic carbocycles. The molecule has 0 aliphatic rings. The molecule has 6 heteroatoms. The molecule has 0 saturated heterocycles. The second kappa shape index (κ2) is 8.55. The van der Waals surface area contributed by atoms with E-state index in [1.165, 1.54) is 6.07 Å². The number of halogens is 1. The highest BCUT2D eigenvalue weighted by molar-refractivity contribution is 9.10. The number of hydrogen-bond acceptors (Lipinski definition) is 4. The van der Waals surface area contributed by atoms with E-state index in [0.717, 1.165) is 36.7 Å². The summed E-state index contributed by atoms with van der Waals surface area (Å²) in [5, 5.41) is 10.8. The standard InChI is InChI=1S/C13H19BrN2O2S/c1-3-15(4-2)8-9-19-10-11-6-5-7-12(13(11)14)16(17)18/h5-7H,3-4,8-10H2,1-2H3. The Morgan fingerprint density at radius 3 is 2.63 bits per heavy atom. The molecule has 0 atom stereocenters. The van der Waals surface area contributed by atoms with Crippen molar-refractivity contribution in [3.05, 3.63) is 38.3 Å². The molecule has 1 rings (SSSR count). The van der Waals surface area contributed by atoms with Crippen LogP contribution in [0.5, 0.6) is 0 Å². The van der Waals surface area contributed by atoms with Gasteiger partial charge in [-0.1, -0.05) is 26.0 Å². The largest absolute Gasteiger partial charge is 0.303 e. The third-order valence-corrected chi connectivity index (χ3v) is 4.86. The Labute approximate surface area is 126 Å². The van der Waals surface area contributed by atoms with E-state index in [1.807, 2.05) is 6.07 Å². The first kappa shape index (κ1) is 16.5. The molecule has 0 N–H and O–H groups in total. The van der Waals surface area contributed by atoms with Gasteiger partial charge in [0.1, 0.15) is 0 Å². The fourth-order valence-corrected chi connectivity index (χ4v) is 3.46. The van der Waals surface area contributed by atoms with Crippen molar-refractivity contribution in [3.63, 3.8) is 0 Å². The van der Waals surface area contributed by atoms with E-state index in [-0.39, 0.29) is 10.6 Å². The molecular formula is C13H19BrN2O2S. The van der Waals surface area contributed by atoms with Crippen LogP contribution in [0.3, 0.4) is 0 Å². The number of hydrogen-bond donors (Lipinski definition) is 0. The quantitative estimate of drug-likeness (QED) is 0.406. The minimum Gasteiger partial charge on any atom is -0.303 e. The van der Waals surface area contributed by atoms with Crippen LogP contribution in [0.25, 0.3) is 0 Å². The number of rotatable bonds is 8. The van der Waals surface area contributed by atoms with Gasteiger partial charge < -0.3 is 4.90 Å². The molecule has 4 nitrogen and oxygen atoms in total. The third-order valence-electron chi connectivity index (χ3n) is 2.96. The van der Waals surface area contributed by atoms with Crippen LogP contribution in [0.15, 0.2) is 22.7 Å². The first-order valence-electron chi connectivity index (χ1n) is 6.32. The van der Waals surface area contributed by atoms with Crippen LogP contribution >= 0.6 is 27.7 Å². The van der Waals surface area contributed by atoms with Crippen LogP contribution in [-0.4, -0.2) is 35.2 Å². The highest BCUT2D eigenvalue weighted by atomic mass is 79.9. The smallest absolute Gasteiger partial charge is 0.283 e. The fraction of sp³-hybridized carbons (Fsp3) is 0.538. The summed E-state index contributed by atoms with van der Waals surface area (Å²) in [4.78, 5) is 12.9. The van der Waals surface area contributed by atoms with Crippen molar-refractivity contribution in [2.24, 2.45) is 0 Å². The minimum atomic E-state index is -0.353. The van der Waals surface area contributed by atoms with Gasteiger partial charge in [0.2, 0.25) is 0 Å². The number of thioether (sulfide) groups is 1. The molecular weight excluding hydrogens is 328 g/mol. The van der Waals surface area contributed by atoms with Crippen molar-refractivity contribution >= 4 is 33.4 Å². The Bertz CT molecular complexity index is 425. The molecule has 0 aliphatic heterocycles. The first-order chi connectivity index (χ1) is 9.10. The zero-order chi connectivity index (χ0) is 14.3. The van der Waals surface area contributed by atoms with Crippen LogP contribution in [0.2, 0.25) is 0 Å². The van der Waals surface area contributed by atoms with E-state index >= 15 is 0 Å². The maximum absolute atomic E-state index is 10.8. The van der Waals surface area contributed by atoms with Crippen molar-refractivity contribution in [3.8, 4) is 0 Å². The highest BCUT2D eigenvalue weighted by Gasteiger charge is 2.14. The van der Waals surface area contributed by atoms with Crippen molar-refractivity contribution in [2.75, 3.05) is 25.4 Å². The summed E-state index contributed by atoms with van der Waals surface area (Å²) in [6.45, 7) is 7.51. The first-order valence-corrected chi connectivity index (χ1v) is 8.26. The lowest BCUT2D eigenvalue weighted by molar-refractivity contribution is -0.385. The number of nitrogens with zero attached hydrogens (tertiary/aromatic N) is 2. The predicted molar refractivity (Wildman–Crippen MR) is 84.7 cm³/mol. The van der Waals surface area contributed by atoms with Gasteiger partial charge >= 0.3 is 0 Å². The topological polar surface area (TPSA) is 46.4 Å². The van der Waals surface area contributed by atoms with Gasteiger partial charge in [-0.15, -0.1) is 0 Å². The Kier molecular flexibility index (Phi) is 7.41. The lowest BCUT2D eigenvalue weighted by atomic mass is 10.2. The second-order valence-electron chi connectivity index (χ2n) is 4.09. The minimum absolute atomic E-state index is 0.141. The van der Waals surface area contributed by atoms with Crippen LogP contribution in [0, 0.1) is 10.1 Å². The van der Waals surface area contributed by atoms with E-state index < -0.39 is 0 Å². The molecule has 0 aliphatic carbocycles. The highest BCUT2D eigenvalue weighted by Crippen LogP contribution is 2.30. The van der Waals surface area contributed by atoms with Gasteiger partial charge in [0, 0.05) is 24.1 Å². The van der Waals surface area contributed by atoms with Crippen LogP contribution in [-0.2, 0) is 5.75 Å².